The molecule has 4 heteroatoms. The molecule has 0 atom stereocenters. The van der Waals surface area contributed by atoms with E-state index < -0.39 is 0 Å². The molecule has 0 aliphatic heterocycles. The van der Waals surface area contributed by atoms with Crippen molar-refractivity contribution < 1.29 is 4.74 Å². The lowest BCUT2D eigenvalue weighted by atomic mass is 9.96. The van der Waals surface area contributed by atoms with E-state index in [-0.39, 0.29) is 0 Å². The van der Waals surface area contributed by atoms with E-state index in [4.69, 9.17) is 4.74 Å². The number of aromatic nitrogens is 2. The average molecular weight is 383 g/mol. The second-order valence-electron chi connectivity index (χ2n) is 7.24. The van der Waals surface area contributed by atoms with Crippen molar-refractivity contribution >= 4 is 16.6 Å². The van der Waals surface area contributed by atoms with E-state index >= 15 is 0 Å². The highest BCUT2D eigenvalue weighted by molar-refractivity contribution is 6.00. The maximum absolute atomic E-state index is 5.31. The lowest BCUT2D eigenvalue weighted by molar-refractivity contribution is 0.414. The molecule has 0 aliphatic carbocycles. The van der Waals surface area contributed by atoms with Gasteiger partial charge in [0.2, 0.25) is 0 Å². The van der Waals surface area contributed by atoms with Crippen LogP contribution >= 0.6 is 0 Å². The minimum absolute atomic E-state index is 0.772. The Hall–Kier alpha value is -3.40. The molecule has 1 heterocycles. The number of benzene rings is 3. The molecule has 3 aromatic carbocycles. The van der Waals surface area contributed by atoms with Crippen molar-refractivity contribution in [2.24, 2.45) is 0 Å². The monoisotopic (exact) mass is 383 g/mol. The first-order valence-electron chi connectivity index (χ1n) is 9.86. The Balaban J connectivity index is 1.63. The van der Waals surface area contributed by atoms with E-state index in [9.17, 15) is 0 Å². The van der Waals surface area contributed by atoms with Crippen LogP contribution < -0.4 is 10.1 Å². The minimum Gasteiger partial charge on any atom is -0.497 e. The zero-order valence-corrected chi connectivity index (χ0v) is 17.1. The van der Waals surface area contributed by atoms with Crippen LogP contribution in [-0.4, -0.2) is 23.9 Å². The van der Waals surface area contributed by atoms with Crippen molar-refractivity contribution in [3.8, 4) is 17.0 Å². The molecule has 4 nitrogen and oxygen atoms in total. The molecule has 0 fully saturated rings. The number of hydrogen-bond donors (Lipinski definition) is 1. The third-order valence-corrected chi connectivity index (χ3v) is 5.25. The molecule has 146 valence electrons. The molecule has 0 unspecified atom stereocenters. The van der Waals surface area contributed by atoms with Crippen LogP contribution in [0.3, 0.4) is 0 Å². The van der Waals surface area contributed by atoms with Crippen molar-refractivity contribution in [1.29, 1.82) is 0 Å². The fourth-order valence-electron chi connectivity index (χ4n) is 3.76. The van der Waals surface area contributed by atoms with Crippen LogP contribution in [0.4, 0.5) is 5.82 Å². The predicted octanol–water partition coefficient (Wildman–Crippen LogP) is 5.58. The van der Waals surface area contributed by atoms with Gasteiger partial charge in [-0.05, 0) is 49.1 Å². The Morgan fingerprint density at radius 2 is 1.55 bits per heavy atom. The molecule has 4 rings (SSSR count). The van der Waals surface area contributed by atoms with Gasteiger partial charge in [0.15, 0.2) is 5.82 Å². The molecule has 0 spiro atoms. The molecule has 0 amide bonds. The maximum Gasteiger partial charge on any atom is 0.156 e. The molecule has 29 heavy (non-hydrogen) atoms. The molecule has 0 bridgehead atoms. The number of fused-ring (bicyclic) bond motifs is 1. The molecular formula is C25H25N3O. The maximum atomic E-state index is 5.31. The summed E-state index contributed by atoms with van der Waals surface area (Å²) in [5.74, 6) is 1.70. The van der Waals surface area contributed by atoms with Gasteiger partial charge in [0.25, 0.3) is 0 Å². The number of methoxy groups -OCH3 is 1. The van der Waals surface area contributed by atoms with E-state index in [1.807, 2.05) is 18.2 Å². The Morgan fingerprint density at radius 3 is 2.31 bits per heavy atom. The Morgan fingerprint density at radius 1 is 0.828 bits per heavy atom. The van der Waals surface area contributed by atoms with Crippen molar-refractivity contribution in [3.63, 3.8) is 0 Å². The molecule has 4 aromatic rings. The van der Waals surface area contributed by atoms with E-state index in [0.29, 0.717) is 0 Å². The van der Waals surface area contributed by atoms with E-state index in [1.54, 1.807) is 7.11 Å². The first kappa shape index (κ1) is 18.9. The quantitative estimate of drug-likeness (QED) is 0.472. The zero-order chi connectivity index (χ0) is 20.2. The highest BCUT2D eigenvalue weighted by Gasteiger charge is 2.14. The Kier molecular flexibility index (Phi) is 5.43. The molecule has 0 radical (unpaired) electrons. The summed E-state index contributed by atoms with van der Waals surface area (Å²) in [5, 5.41) is 14.8. The standard InChI is InChI=1S/C25H25N3O/c1-17-8-6-9-18(2)23(17)24-21-12-4-5-13-22(21)25(28-27-24)26-15-14-19-10-7-11-20(16-19)29-3/h4-13,16H,14-15H2,1-3H3,(H,26,28). The second kappa shape index (κ2) is 8.31. The highest BCUT2D eigenvalue weighted by atomic mass is 16.5. The molecule has 0 aliphatic rings. The van der Waals surface area contributed by atoms with Gasteiger partial charge in [-0.2, -0.15) is 0 Å². The fourth-order valence-corrected chi connectivity index (χ4v) is 3.76. The Bertz CT molecular complexity index is 1130. The number of hydrogen-bond acceptors (Lipinski definition) is 4. The number of rotatable bonds is 6. The molecule has 1 aromatic heterocycles. The first-order valence-corrected chi connectivity index (χ1v) is 9.86. The number of ether oxygens (including phenoxy) is 1. The van der Waals surface area contributed by atoms with Crippen molar-refractivity contribution in [2.45, 2.75) is 20.3 Å². The predicted molar refractivity (Wildman–Crippen MR) is 120 cm³/mol. The summed E-state index contributed by atoms with van der Waals surface area (Å²) in [6, 6.07) is 22.8. The van der Waals surface area contributed by atoms with E-state index in [1.165, 1.54) is 22.3 Å². The van der Waals surface area contributed by atoms with Crippen molar-refractivity contribution in [3.05, 3.63) is 83.4 Å². The number of anilines is 1. The summed E-state index contributed by atoms with van der Waals surface area (Å²) in [7, 11) is 1.69. The third-order valence-electron chi connectivity index (χ3n) is 5.25. The molecule has 1 N–H and O–H groups in total. The average Bonchev–Trinajstić information content (AvgIpc) is 2.75. The van der Waals surface area contributed by atoms with Crippen molar-refractivity contribution in [2.75, 3.05) is 19.0 Å². The number of nitrogens with one attached hydrogen (secondary N) is 1. The number of aryl methyl sites for hydroxylation is 2. The van der Waals surface area contributed by atoms with Crippen LogP contribution in [0.25, 0.3) is 22.0 Å². The van der Waals surface area contributed by atoms with Gasteiger partial charge in [-0.3, -0.25) is 0 Å². The van der Waals surface area contributed by atoms with Gasteiger partial charge < -0.3 is 10.1 Å². The normalized spacial score (nSPS) is 10.9. The lowest BCUT2D eigenvalue weighted by Crippen LogP contribution is -2.08. The van der Waals surface area contributed by atoms with Crippen LogP contribution in [0.15, 0.2) is 66.7 Å². The summed E-state index contributed by atoms with van der Waals surface area (Å²) in [4.78, 5) is 0. The van der Waals surface area contributed by atoms with Gasteiger partial charge in [0.1, 0.15) is 11.4 Å². The molecule has 0 saturated carbocycles. The minimum atomic E-state index is 0.772. The zero-order valence-electron chi connectivity index (χ0n) is 17.1. The van der Waals surface area contributed by atoms with Crippen LogP contribution in [0, 0.1) is 13.8 Å². The van der Waals surface area contributed by atoms with Gasteiger partial charge in [-0.1, -0.05) is 54.6 Å². The summed E-state index contributed by atoms with van der Waals surface area (Å²) >= 11 is 0. The van der Waals surface area contributed by atoms with Gasteiger partial charge >= 0.3 is 0 Å². The lowest BCUT2D eigenvalue weighted by Gasteiger charge is -2.14. The summed E-state index contributed by atoms with van der Waals surface area (Å²) < 4.78 is 5.31. The first-order chi connectivity index (χ1) is 14.2. The number of nitrogens with zero attached hydrogens (tertiary/aromatic N) is 2. The van der Waals surface area contributed by atoms with Crippen LogP contribution in [-0.2, 0) is 6.42 Å². The summed E-state index contributed by atoms with van der Waals surface area (Å²) in [6.07, 6.45) is 0.881. The largest absolute Gasteiger partial charge is 0.497 e. The van der Waals surface area contributed by atoms with E-state index in [2.05, 4.69) is 77.9 Å². The van der Waals surface area contributed by atoms with Crippen LogP contribution in [0.5, 0.6) is 5.75 Å². The van der Waals surface area contributed by atoms with Gasteiger partial charge in [-0.15, -0.1) is 10.2 Å². The van der Waals surface area contributed by atoms with E-state index in [0.717, 1.165) is 41.0 Å². The second-order valence-corrected chi connectivity index (χ2v) is 7.24. The van der Waals surface area contributed by atoms with Crippen LogP contribution in [0.1, 0.15) is 16.7 Å². The molecule has 0 saturated heterocycles. The summed E-state index contributed by atoms with van der Waals surface area (Å²) in [5.41, 5.74) is 5.75. The smallest absolute Gasteiger partial charge is 0.156 e. The fraction of sp³-hybridized carbons (Fsp3) is 0.200. The topological polar surface area (TPSA) is 47.0 Å². The highest BCUT2D eigenvalue weighted by Crippen LogP contribution is 2.33. The Labute approximate surface area is 171 Å². The molecular weight excluding hydrogens is 358 g/mol. The van der Waals surface area contributed by atoms with Gasteiger partial charge in [0, 0.05) is 22.9 Å². The van der Waals surface area contributed by atoms with Gasteiger partial charge in [0.05, 0.1) is 7.11 Å². The van der Waals surface area contributed by atoms with Crippen LogP contribution in [0.2, 0.25) is 0 Å². The van der Waals surface area contributed by atoms with Crippen molar-refractivity contribution in [1.82, 2.24) is 10.2 Å². The van der Waals surface area contributed by atoms with Gasteiger partial charge in [-0.25, -0.2) is 0 Å². The SMILES string of the molecule is COc1cccc(CCNc2nnc(-c3c(C)cccc3C)c3ccccc23)c1. The summed E-state index contributed by atoms with van der Waals surface area (Å²) in [6.45, 7) is 5.02. The third kappa shape index (κ3) is 3.92.